The summed E-state index contributed by atoms with van der Waals surface area (Å²) in [6.45, 7) is 7.09. The first-order chi connectivity index (χ1) is 9.56. The monoisotopic (exact) mass is 312 g/mol. The number of carbonyl (C=O) groups is 1. The smallest absolute Gasteiger partial charge is 0.228 e. The van der Waals surface area contributed by atoms with Crippen molar-refractivity contribution >= 4 is 21.4 Å². The van der Waals surface area contributed by atoms with E-state index in [1.54, 1.807) is 52.0 Å². The van der Waals surface area contributed by atoms with E-state index in [0.717, 1.165) is 0 Å². The summed E-state index contributed by atoms with van der Waals surface area (Å²) in [4.78, 5) is 11.7. The maximum Gasteiger partial charge on any atom is 0.228 e. The highest BCUT2D eigenvalue weighted by molar-refractivity contribution is 7.91. The number of nitrogens with two attached hydrogens (primary N) is 1. The van der Waals surface area contributed by atoms with Crippen LogP contribution < -0.4 is 11.1 Å². The van der Waals surface area contributed by atoms with E-state index in [4.69, 9.17) is 5.73 Å². The number of nitrogens with one attached hydrogen (secondary N) is 1. The lowest BCUT2D eigenvalue weighted by molar-refractivity contribution is -0.119. The summed E-state index contributed by atoms with van der Waals surface area (Å²) in [6, 6.07) is 6.83. The molecule has 1 unspecified atom stereocenters. The number of carbonyl (C=O) groups excluding carboxylic acids is 1. The highest BCUT2D eigenvalue weighted by Gasteiger charge is 2.28. The Hall–Kier alpha value is -1.40. The molecule has 1 aromatic rings. The second-order valence-electron chi connectivity index (χ2n) is 6.19. The van der Waals surface area contributed by atoms with Crippen molar-refractivity contribution in [3.05, 3.63) is 29.8 Å². The van der Waals surface area contributed by atoms with Gasteiger partial charge in [-0.1, -0.05) is 19.1 Å². The van der Waals surface area contributed by atoms with Crippen LogP contribution in [0.25, 0.3) is 0 Å². The highest BCUT2D eigenvalue weighted by Crippen LogP contribution is 2.21. The largest absolute Gasteiger partial charge is 0.330 e. The van der Waals surface area contributed by atoms with Crippen LogP contribution >= 0.6 is 0 Å². The Morgan fingerprint density at radius 1 is 1.24 bits per heavy atom. The zero-order valence-corrected chi connectivity index (χ0v) is 13.8. The predicted octanol–water partition coefficient (Wildman–Crippen LogP) is 1.93. The molecule has 0 heterocycles. The lowest BCUT2D eigenvalue weighted by Gasteiger charge is -2.19. The van der Waals surface area contributed by atoms with Crippen molar-refractivity contribution in [1.82, 2.24) is 0 Å². The number of hydrogen-bond acceptors (Lipinski definition) is 4. The number of hydrogen-bond donors (Lipinski definition) is 2. The molecule has 0 aliphatic heterocycles. The molecular weight excluding hydrogens is 288 g/mol. The third-order valence-corrected chi connectivity index (χ3v) is 5.89. The molecular formula is C15H24N2O3S. The van der Waals surface area contributed by atoms with Gasteiger partial charge in [-0.25, -0.2) is 8.42 Å². The topological polar surface area (TPSA) is 89.3 Å². The Kier molecular flexibility index (Phi) is 5.53. The molecule has 0 saturated heterocycles. The van der Waals surface area contributed by atoms with E-state index in [2.05, 4.69) is 5.32 Å². The molecule has 0 aromatic heterocycles. The Labute approximate surface area is 126 Å². The van der Waals surface area contributed by atoms with Gasteiger partial charge in [0.25, 0.3) is 0 Å². The molecule has 0 radical (unpaired) electrons. The first kappa shape index (κ1) is 17.7. The Bertz CT molecular complexity index is 586. The average molecular weight is 312 g/mol. The van der Waals surface area contributed by atoms with Gasteiger partial charge in [0.2, 0.25) is 5.91 Å². The molecule has 1 aromatic carbocycles. The second-order valence-corrected chi connectivity index (χ2v) is 8.94. The van der Waals surface area contributed by atoms with Crippen LogP contribution in [-0.2, 0) is 20.4 Å². The quantitative estimate of drug-likeness (QED) is 0.869. The van der Waals surface area contributed by atoms with Crippen LogP contribution in [0.1, 0.15) is 33.3 Å². The molecule has 0 fully saturated rings. The third-order valence-electron chi connectivity index (χ3n) is 3.31. The van der Waals surface area contributed by atoms with Crippen molar-refractivity contribution in [3.8, 4) is 0 Å². The summed E-state index contributed by atoms with van der Waals surface area (Å²) in [5, 5.41) is 2.74. The van der Waals surface area contributed by atoms with Crippen LogP contribution in [-0.4, -0.2) is 25.6 Å². The maximum absolute atomic E-state index is 12.1. The van der Waals surface area contributed by atoms with Crippen LogP contribution in [0.3, 0.4) is 0 Å². The summed E-state index contributed by atoms with van der Waals surface area (Å²) < 4.78 is 23.5. The SMILES string of the molecule is CC(CN)C(=O)Nc1ccc(CS(=O)(=O)C(C)(C)C)cc1. The van der Waals surface area contributed by atoms with Gasteiger partial charge in [0.05, 0.1) is 10.5 Å². The number of amides is 1. The Morgan fingerprint density at radius 3 is 2.19 bits per heavy atom. The third kappa shape index (κ3) is 4.82. The van der Waals surface area contributed by atoms with E-state index >= 15 is 0 Å². The molecule has 0 bridgehead atoms. The summed E-state index contributed by atoms with van der Waals surface area (Å²) in [6.07, 6.45) is 0. The van der Waals surface area contributed by atoms with Gasteiger partial charge in [0.15, 0.2) is 9.84 Å². The van der Waals surface area contributed by atoms with Gasteiger partial charge in [-0.05, 0) is 38.5 Å². The summed E-state index contributed by atoms with van der Waals surface area (Å²) in [5.41, 5.74) is 6.77. The van der Waals surface area contributed by atoms with E-state index in [1.165, 1.54) is 0 Å². The first-order valence-corrected chi connectivity index (χ1v) is 8.54. The Morgan fingerprint density at radius 2 is 1.76 bits per heavy atom. The highest BCUT2D eigenvalue weighted by atomic mass is 32.2. The van der Waals surface area contributed by atoms with Gasteiger partial charge < -0.3 is 11.1 Å². The first-order valence-electron chi connectivity index (χ1n) is 6.89. The number of anilines is 1. The number of sulfone groups is 1. The fourth-order valence-corrected chi connectivity index (χ4v) is 2.56. The van der Waals surface area contributed by atoms with Gasteiger partial charge in [0, 0.05) is 18.2 Å². The van der Waals surface area contributed by atoms with Crippen molar-refractivity contribution < 1.29 is 13.2 Å². The minimum atomic E-state index is -3.21. The van der Waals surface area contributed by atoms with Gasteiger partial charge >= 0.3 is 0 Å². The number of rotatable bonds is 5. The van der Waals surface area contributed by atoms with Crippen molar-refractivity contribution in [2.45, 2.75) is 38.2 Å². The van der Waals surface area contributed by atoms with Crippen molar-refractivity contribution in [2.24, 2.45) is 11.7 Å². The molecule has 5 nitrogen and oxygen atoms in total. The predicted molar refractivity (Wildman–Crippen MR) is 85.7 cm³/mol. The van der Waals surface area contributed by atoms with Crippen LogP contribution in [0.4, 0.5) is 5.69 Å². The van der Waals surface area contributed by atoms with E-state index in [0.29, 0.717) is 11.3 Å². The molecule has 0 aliphatic carbocycles. The Balaban J connectivity index is 2.78. The van der Waals surface area contributed by atoms with Crippen molar-refractivity contribution in [3.63, 3.8) is 0 Å². The van der Waals surface area contributed by atoms with Crippen molar-refractivity contribution in [2.75, 3.05) is 11.9 Å². The van der Waals surface area contributed by atoms with Crippen LogP contribution in [0.15, 0.2) is 24.3 Å². The standard InChI is InChI=1S/C15H24N2O3S/c1-11(9-16)14(18)17-13-7-5-12(6-8-13)10-21(19,20)15(2,3)4/h5-8,11H,9-10,16H2,1-4H3,(H,17,18). The molecule has 21 heavy (non-hydrogen) atoms. The molecule has 0 spiro atoms. The van der Waals surface area contributed by atoms with Gasteiger partial charge in [-0.15, -0.1) is 0 Å². The molecule has 1 rings (SSSR count). The molecule has 3 N–H and O–H groups in total. The second kappa shape index (κ2) is 6.58. The fraction of sp³-hybridized carbons (Fsp3) is 0.533. The van der Waals surface area contributed by atoms with Crippen LogP contribution in [0.5, 0.6) is 0 Å². The molecule has 6 heteroatoms. The van der Waals surface area contributed by atoms with E-state index in [1.807, 2.05) is 0 Å². The van der Waals surface area contributed by atoms with E-state index < -0.39 is 14.6 Å². The lowest BCUT2D eigenvalue weighted by atomic mass is 10.1. The van der Waals surface area contributed by atoms with Crippen molar-refractivity contribution in [1.29, 1.82) is 0 Å². The molecule has 0 aliphatic rings. The van der Waals surface area contributed by atoms with Gasteiger partial charge in [-0.2, -0.15) is 0 Å². The van der Waals surface area contributed by atoms with E-state index in [9.17, 15) is 13.2 Å². The summed E-state index contributed by atoms with van der Waals surface area (Å²) in [7, 11) is -3.21. The average Bonchev–Trinajstić information content (AvgIpc) is 2.38. The van der Waals surface area contributed by atoms with Gasteiger partial charge in [0.1, 0.15) is 0 Å². The molecule has 1 amide bonds. The fourth-order valence-electron chi connectivity index (χ4n) is 1.49. The van der Waals surface area contributed by atoms with Crippen LogP contribution in [0.2, 0.25) is 0 Å². The van der Waals surface area contributed by atoms with E-state index in [-0.39, 0.29) is 24.1 Å². The molecule has 1 atom stereocenters. The zero-order valence-electron chi connectivity index (χ0n) is 13.0. The molecule has 0 saturated carbocycles. The zero-order chi connectivity index (χ0) is 16.3. The maximum atomic E-state index is 12.1. The summed E-state index contributed by atoms with van der Waals surface area (Å²) >= 11 is 0. The minimum Gasteiger partial charge on any atom is -0.330 e. The minimum absolute atomic E-state index is 0.00999. The number of benzene rings is 1. The molecule has 118 valence electrons. The van der Waals surface area contributed by atoms with Gasteiger partial charge in [-0.3, -0.25) is 4.79 Å². The van der Waals surface area contributed by atoms with Crippen LogP contribution in [0, 0.1) is 5.92 Å². The normalized spacial score (nSPS) is 13.8. The lowest BCUT2D eigenvalue weighted by Crippen LogP contribution is -2.29. The summed E-state index contributed by atoms with van der Waals surface area (Å²) in [5.74, 6) is -0.414.